The summed E-state index contributed by atoms with van der Waals surface area (Å²) in [6.45, 7) is 3.98. The molecular formula is C24H26N4O2S. The van der Waals surface area contributed by atoms with E-state index in [1.54, 1.807) is 10.3 Å². The molecule has 4 rings (SSSR count). The van der Waals surface area contributed by atoms with Gasteiger partial charge < -0.3 is 5.32 Å². The molecule has 1 aliphatic carbocycles. The van der Waals surface area contributed by atoms with Crippen molar-refractivity contribution < 1.29 is 9.59 Å². The molecule has 31 heavy (non-hydrogen) atoms. The van der Waals surface area contributed by atoms with Gasteiger partial charge in [0.05, 0.1) is 0 Å². The number of carbonyl (C=O) groups excluding carboxylic acids is 2. The predicted octanol–water partition coefficient (Wildman–Crippen LogP) is 4.60. The molecule has 7 heteroatoms. The average Bonchev–Trinajstić information content (AvgIpc) is 3.49. The number of carbonyl (C=O) groups is 2. The maximum atomic E-state index is 13.7. The Morgan fingerprint density at radius 3 is 2.48 bits per heavy atom. The Labute approximate surface area is 186 Å². The van der Waals surface area contributed by atoms with Crippen LogP contribution in [0.1, 0.15) is 58.9 Å². The van der Waals surface area contributed by atoms with E-state index in [0.29, 0.717) is 5.69 Å². The summed E-state index contributed by atoms with van der Waals surface area (Å²) in [5.41, 5.74) is 3.70. The van der Waals surface area contributed by atoms with Crippen molar-refractivity contribution in [3.63, 3.8) is 0 Å². The van der Waals surface area contributed by atoms with Crippen LogP contribution in [0.2, 0.25) is 0 Å². The van der Waals surface area contributed by atoms with Gasteiger partial charge in [-0.15, -0.1) is 5.10 Å². The quantitative estimate of drug-likeness (QED) is 0.615. The van der Waals surface area contributed by atoms with Gasteiger partial charge >= 0.3 is 0 Å². The van der Waals surface area contributed by atoms with E-state index in [-0.39, 0.29) is 23.6 Å². The second kappa shape index (κ2) is 9.39. The zero-order valence-corrected chi connectivity index (χ0v) is 18.6. The van der Waals surface area contributed by atoms with Crippen molar-refractivity contribution >= 4 is 29.0 Å². The Balaban J connectivity index is 1.83. The molecule has 1 heterocycles. The molecule has 0 spiro atoms. The van der Waals surface area contributed by atoms with Crippen molar-refractivity contribution in [3.8, 4) is 0 Å². The molecule has 0 unspecified atom stereocenters. The number of nitrogens with zero attached hydrogens (tertiary/aromatic N) is 3. The number of anilines is 1. The van der Waals surface area contributed by atoms with Crippen molar-refractivity contribution in [2.24, 2.45) is 0 Å². The topological polar surface area (TPSA) is 75.2 Å². The molecular weight excluding hydrogens is 408 g/mol. The highest BCUT2D eigenvalue weighted by atomic mass is 32.1. The second-order valence-corrected chi connectivity index (χ2v) is 8.60. The van der Waals surface area contributed by atoms with E-state index in [0.717, 1.165) is 53.9 Å². The minimum atomic E-state index is -0.809. The van der Waals surface area contributed by atoms with Crippen molar-refractivity contribution in [2.75, 3.05) is 4.90 Å². The van der Waals surface area contributed by atoms with Crippen LogP contribution in [0.15, 0.2) is 53.9 Å². The number of rotatable bonds is 6. The molecule has 1 saturated carbocycles. The normalized spacial score (nSPS) is 14.9. The maximum absolute atomic E-state index is 13.7. The Kier molecular flexibility index (Phi) is 6.42. The summed E-state index contributed by atoms with van der Waals surface area (Å²) in [5, 5.41) is 8.82. The minimum absolute atomic E-state index is 0.148. The minimum Gasteiger partial charge on any atom is -0.351 e. The average molecular weight is 435 g/mol. The fourth-order valence-electron chi connectivity index (χ4n) is 4.15. The van der Waals surface area contributed by atoms with E-state index >= 15 is 0 Å². The van der Waals surface area contributed by atoms with Crippen molar-refractivity contribution in [1.29, 1.82) is 0 Å². The Morgan fingerprint density at radius 2 is 1.81 bits per heavy atom. The highest BCUT2D eigenvalue weighted by Crippen LogP contribution is 2.33. The second-order valence-electron chi connectivity index (χ2n) is 7.99. The number of benzene rings is 2. The van der Waals surface area contributed by atoms with E-state index in [9.17, 15) is 9.59 Å². The first-order valence-electron chi connectivity index (χ1n) is 10.6. The molecule has 2 aromatic carbocycles. The summed E-state index contributed by atoms with van der Waals surface area (Å²) in [5.74, 6) is -0.506. The lowest BCUT2D eigenvalue weighted by molar-refractivity contribution is -0.123. The Hall–Kier alpha value is -3.06. The van der Waals surface area contributed by atoms with Crippen LogP contribution in [0.5, 0.6) is 0 Å². The zero-order chi connectivity index (χ0) is 21.8. The van der Waals surface area contributed by atoms with Crippen LogP contribution in [0.25, 0.3) is 0 Å². The van der Waals surface area contributed by atoms with Gasteiger partial charge in [0, 0.05) is 17.1 Å². The monoisotopic (exact) mass is 434 g/mol. The van der Waals surface area contributed by atoms with Gasteiger partial charge in [0.1, 0.15) is 6.04 Å². The summed E-state index contributed by atoms with van der Waals surface area (Å²) in [7, 11) is 0. The number of hydrogen-bond donors (Lipinski definition) is 1. The van der Waals surface area contributed by atoms with Gasteiger partial charge in [-0.3, -0.25) is 14.5 Å². The summed E-state index contributed by atoms with van der Waals surface area (Å²) < 4.78 is 3.86. The predicted molar refractivity (Wildman–Crippen MR) is 122 cm³/mol. The first-order valence-corrected chi connectivity index (χ1v) is 11.4. The third-order valence-electron chi connectivity index (χ3n) is 5.96. The number of aryl methyl sites for hydroxylation is 1. The van der Waals surface area contributed by atoms with E-state index in [1.807, 2.05) is 62.4 Å². The fraction of sp³-hybridized carbons (Fsp3) is 0.333. The Bertz CT molecular complexity index is 1050. The number of aromatic nitrogens is 2. The molecule has 0 aliphatic heterocycles. The van der Waals surface area contributed by atoms with Crippen LogP contribution >= 0.6 is 11.5 Å². The standard InChI is InChI=1S/C24H26N4O2S/c1-16-9-8-14-21(17(16)2)28(24(30)20-15-31-27-26-20)22(18-10-4-3-5-11-18)23(29)25-19-12-6-7-13-19/h3-5,8-11,14-15,19,22H,6-7,12-13H2,1-2H3,(H,25,29)/t22-/m1/s1. The van der Waals surface area contributed by atoms with Crippen molar-refractivity contribution in [2.45, 2.75) is 51.6 Å². The number of amides is 2. The third kappa shape index (κ3) is 4.51. The Morgan fingerprint density at radius 1 is 1.06 bits per heavy atom. The molecule has 0 radical (unpaired) electrons. The molecule has 1 atom stereocenters. The first kappa shape index (κ1) is 21.2. The van der Waals surface area contributed by atoms with Crippen LogP contribution in [0, 0.1) is 13.8 Å². The molecule has 1 N–H and O–H groups in total. The van der Waals surface area contributed by atoms with E-state index in [2.05, 4.69) is 14.9 Å². The molecule has 0 saturated heterocycles. The van der Waals surface area contributed by atoms with Gasteiger partial charge in [-0.2, -0.15) is 0 Å². The highest BCUT2D eigenvalue weighted by molar-refractivity contribution is 7.03. The smallest absolute Gasteiger partial charge is 0.280 e. The summed E-state index contributed by atoms with van der Waals surface area (Å²) in [4.78, 5) is 28.9. The van der Waals surface area contributed by atoms with Crippen molar-refractivity contribution in [1.82, 2.24) is 14.9 Å². The lowest BCUT2D eigenvalue weighted by atomic mass is 9.99. The highest BCUT2D eigenvalue weighted by Gasteiger charge is 2.36. The molecule has 1 aromatic heterocycles. The third-order valence-corrected chi connectivity index (χ3v) is 6.46. The molecule has 160 valence electrons. The largest absolute Gasteiger partial charge is 0.351 e. The van der Waals surface area contributed by atoms with Crippen LogP contribution in [-0.4, -0.2) is 27.4 Å². The molecule has 3 aromatic rings. The molecule has 1 aliphatic rings. The summed E-state index contributed by atoms with van der Waals surface area (Å²) in [6.07, 6.45) is 4.18. The number of hydrogen-bond acceptors (Lipinski definition) is 5. The maximum Gasteiger partial charge on any atom is 0.280 e. The van der Waals surface area contributed by atoms with Crippen molar-refractivity contribution in [3.05, 3.63) is 76.3 Å². The lowest BCUT2D eigenvalue weighted by Crippen LogP contribution is -2.46. The van der Waals surface area contributed by atoms with Gasteiger partial charge in [-0.1, -0.05) is 59.8 Å². The van der Waals surface area contributed by atoms with E-state index in [1.165, 1.54) is 0 Å². The van der Waals surface area contributed by atoms with Crippen LogP contribution in [0.3, 0.4) is 0 Å². The van der Waals surface area contributed by atoms with E-state index < -0.39 is 6.04 Å². The first-order chi connectivity index (χ1) is 15.1. The van der Waals surface area contributed by atoms with Gasteiger partial charge in [-0.25, -0.2) is 0 Å². The van der Waals surface area contributed by atoms with Gasteiger partial charge in [-0.05, 0) is 61.0 Å². The van der Waals surface area contributed by atoms with Gasteiger partial charge in [0.15, 0.2) is 5.69 Å². The fourth-order valence-corrected chi connectivity index (χ4v) is 4.58. The number of nitrogens with one attached hydrogen (secondary N) is 1. The molecule has 6 nitrogen and oxygen atoms in total. The van der Waals surface area contributed by atoms with Gasteiger partial charge in [0.25, 0.3) is 5.91 Å². The van der Waals surface area contributed by atoms with Gasteiger partial charge in [0.2, 0.25) is 5.91 Å². The molecule has 0 bridgehead atoms. The van der Waals surface area contributed by atoms with Crippen LogP contribution in [0.4, 0.5) is 5.69 Å². The van der Waals surface area contributed by atoms with Crippen LogP contribution in [-0.2, 0) is 4.79 Å². The molecule has 1 fully saturated rings. The zero-order valence-electron chi connectivity index (χ0n) is 17.7. The van der Waals surface area contributed by atoms with E-state index in [4.69, 9.17) is 0 Å². The summed E-state index contributed by atoms with van der Waals surface area (Å²) in [6, 6.07) is 14.6. The lowest BCUT2D eigenvalue weighted by Gasteiger charge is -2.33. The van der Waals surface area contributed by atoms with Crippen LogP contribution < -0.4 is 10.2 Å². The molecule has 2 amide bonds. The SMILES string of the molecule is Cc1cccc(N(C(=O)c2csnn2)[C@@H](C(=O)NC2CCCC2)c2ccccc2)c1C. The summed E-state index contributed by atoms with van der Waals surface area (Å²) >= 11 is 1.12.